The number of hydrogen-bond acceptors (Lipinski definition) is 5. The Hall–Kier alpha value is -3.36. The van der Waals surface area contributed by atoms with Crippen molar-refractivity contribution in [3.8, 4) is 0 Å². The van der Waals surface area contributed by atoms with E-state index >= 15 is 0 Å². The number of aliphatic hydroxyl groups is 1. The summed E-state index contributed by atoms with van der Waals surface area (Å²) in [5.74, 6) is -2.36. The van der Waals surface area contributed by atoms with Gasteiger partial charge in [-0.2, -0.15) is 0 Å². The molecule has 0 aromatic heterocycles. The Morgan fingerprint density at radius 1 is 1.19 bits per heavy atom. The summed E-state index contributed by atoms with van der Waals surface area (Å²) in [5, 5.41) is 12.9. The highest BCUT2D eigenvalue weighted by atomic mass is 19.1. The maximum Gasteiger partial charge on any atom is 0.257 e. The van der Waals surface area contributed by atoms with E-state index in [4.69, 9.17) is 4.74 Å². The highest BCUT2D eigenvalue weighted by Gasteiger charge is 2.25. The third-order valence-corrected chi connectivity index (χ3v) is 5.03. The summed E-state index contributed by atoms with van der Waals surface area (Å²) < 4.78 is 33.3. The first-order valence-electron chi connectivity index (χ1n) is 10.1. The molecule has 3 rings (SSSR count). The molecule has 1 aliphatic rings. The smallest absolute Gasteiger partial charge is 0.257 e. The van der Waals surface area contributed by atoms with Gasteiger partial charge in [0.15, 0.2) is 5.78 Å². The number of nitrogens with one attached hydrogen (secondary N) is 1. The summed E-state index contributed by atoms with van der Waals surface area (Å²) in [6.45, 7) is 2.26. The third kappa shape index (κ3) is 5.27. The molecule has 1 amide bonds. The molecule has 0 radical (unpaired) electrons. The normalized spacial score (nSPS) is 15.5. The molecule has 32 heavy (non-hydrogen) atoms. The van der Waals surface area contributed by atoms with E-state index in [-0.39, 0.29) is 11.4 Å². The van der Waals surface area contributed by atoms with Gasteiger partial charge in [0.05, 0.1) is 5.57 Å². The summed E-state index contributed by atoms with van der Waals surface area (Å²) in [4.78, 5) is 26.2. The summed E-state index contributed by atoms with van der Waals surface area (Å²) in [6, 6.07) is 8.36. The second-order valence-electron chi connectivity index (χ2n) is 7.34. The largest absolute Gasteiger partial charge is 0.385 e. The molecule has 2 N–H and O–H groups in total. The fourth-order valence-electron chi connectivity index (χ4n) is 3.26. The van der Waals surface area contributed by atoms with E-state index in [9.17, 15) is 23.5 Å². The average molecular weight is 442 g/mol. The van der Waals surface area contributed by atoms with Crippen LogP contribution >= 0.6 is 0 Å². The first kappa shape index (κ1) is 23.3. The molecule has 2 aromatic rings. The Morgan fingerprint density at radius 3 is 2.59 bits per heavy atom. The highest BCUT2D eigenvalue weighted by molar-refractivity contribution is 6.07. The van der Waals surface area contributed by atoms with Crippen LogP contribution in [-0.2, 0) is 9.53 Å². The summed E-state index contributed by atoms with van der Waals surface area (Å²) in [6.07, 6.45) is 3.37. The summed E-state index contributed by atoms with van der Waals surface area (Å²) in [5.41, 5.74) is 1.25. The molecule has 0 saturated heterocycles. The molecule has 0 saturated carbocycles. The average Bonchev–Trinajstić information content (AvgIpc) is 2.76. The lowest BCUT2D eigenvalue weighted by atomic mass is 10.0. The number of anilines is 2. The standard InChI is InChI=1S/C24H24F2N2O4/c1-15-8-9-16(21(29)7-4-12-32-2)13-20(15)27-24(31)17-10-11-22(30)28(14-17)23-18(25)5-3-6-19(23)26/h3,5-6,8-11,13-14,22,30H,4,7,12H2,1-2H3,(H,27,31). The number of nitrogens with zero attached hydrogens (tertiary/aromatic N) is 1. The van der Waals surface area contributed by atoms with Crippen LogP contribution in [0.3, 0.4) is 0 Å². The Morgan fingerprint density at radius 2 is 1.91 bits per heavy atom. The predicted octanol–water partition coefficient (Wildman–Crippen LogP) is 4.10. The fourth-order valence-corrected chi connectivity index (χ4v) is 3.26. The van der Waals surface area contributed by atoms with E-state index in [1.165, 1.54) is 24.4 Å². The predicted molar refractivity (Wildman–Crippen MR) is 117 cm³/mol. The SMILES string of the molecule is COCCCC(=O)c1ccc(C)c(NC(=O)C2=CN(c3c(F)cccc3F)C(O)C=C2)c1. The van der Waals surface area contributed by atoms with E-state index in [1.807, 2.05) is 0 Å². The number of hydrogen-bond donors (Lipinski definition) is 2. The molecule has 168 valence electrons. The van der Waals surface area contributed by atoms with Crippen molar-refractivity contribution in [1.82, 2.24) is 0 Å². The second kappa shape index (κ2) is 10.3. The minimum atomic E-state index is -1.34. The van der Waals surface area contributed by atoms with Gasteiger partial charge in [-0.05, 0) is 49.3 Å². The van der Waals surface area contributed by atoms with Crippen LogP contribution in [0.4, 0.5) is 20.2 Å². The number of Topliss-reactive ketones (excluding diaryl/α,β-unsaturated/α-hetero) is 1. The quantitative estimate of drug-likeness (QED) is 0.475. The first-order chi connectivity index (χ1) is 15.3. The molecular formula is C24H24F2N2O4. The van der Waals surface area contributed by atoms with Crippen molar-refractivity contribution in [2.45, 2.75) is 26.0 Å². The van der Waals surface area contributed by atoms with Crippen molar-refractivity contribution in [1.29, 1.82) is 0 Å². The number of carbonyl (C=O) groups is 2. The lowest BCUT2D eigenvalue weighted by Gasteiger charge is -2.28. The Labute approximate surface area is 184 Å². The molecule has 0 spiro atoms. The molecule has 1 heterocycles. The topological polar surface area (TPSA) is 78.9 Å². The van der Waals surface area contributed by atoms with Crippen LogP contribution in [0.25, 0.3) is 0 Å². The van der Waals surface area contributed by atoms with Gasteiger partial charge in [-0.25, -0.2) is 8.78 Å². The van der Waals surface area contributed by atoms with Crippen molar-refractivity contribution in [3.63, 3.8) is 0 Å². The van der Waals surface area contributed by atoms with Gasteiger partial charge in [0.25, 0.3) is 5.91 Å². The summed E-state index contributed by atoms with van der Waals surface area (Å²) in [7, 11) is 1.57. The van der Waals surface area contributed by atoms with Gasteiger partial charge in [-0.3, -0.25) is 9.59 Å². The zero-order valence-corrected chi connectivity index (χ0v) is 17.8. The van der Waals surface area contributed by atoms with Crippen LogP contribution in [0.15, 0.2) is 60.3 Å². The monoisotopic (exact) mass is 442 g/mol. The van der Waals surface area contributed by atoms with Crippen molar-refractivity contribution < 1.29 is 28.2 Å². The van der Waals surface area contributed by atoms with Gasteiger partial charge in [0.2, 0.25) is 0 Å². The number of ether oxygens (including phenoxy) is 1. The Balaban J connectivity index is 1.81. The van der Waals surface area contributed by atoms with Gasteiger partial charge >= 0.3 is 0 Å². The second-order valence-corrected chi connectivity index (χ2v) is 7.34. The molecule has 1 atom stereocenters. The van der Waals surface area contributed by atoms with E-state index in [2.05, 4.69) is 5.32 Å². The number of para-hydroxylation sites is 1. The van der Waals surface area contributed by atoms with Gasteiger partial charge in [-0.15, -0.1) is 0 Å². The van der Waals surface area contributed by atoms with Crippen molar-refractivity contribution in [3.05, 3.63) is 83.1 Å². The maximum atomic E-state index is 14.2. The zero-order valence-electron chi connectivity index (χ0n) is 17.8. The number of carbonyl (C=O) groups excluding carboxylic acids is 2. The van der Waals surface area contributed by atoms with Gasteiger partial charge in [0.1, 0.15) is 23.5 Å². The van der Waals surface area contributed by atoms with E-state index < -0.39 is 29.5 Å². The first-order valence-corrected chi connectivity index (χ1v) is 10.1. The highest BCUT2D eigenvalue weighted by Crippen LogP contribution is 2.28. The molecule has 1 aliphatic heterocycles. The summed E-state index contributed by atoms with van der Waals surface area (Å²) >= 11 is 0. The van der Waals surface area contributed by atoms with E-state index in [0.717, 1.165) is 22.6 Å². The van der Waals surface area contributed by atoms with Crippen LogP contribution in [0, 0.1) is 18.6 Å². The fraction of sp³-hybridized carbons (Fsp3) is 0.250. The molecule has 6 nitrogen and oxygen atoms in total. The van der Waals surface area contributed by atoms with Crippen molar-refractivity contribution >= 4 is 23.1 Å². The zero-order chi connectivity index (χ0) is 23.3. The van der Waals surface area contributed by atoms with Crippen LogP contribution < -0.4 is 10.2 Å². The Kier molecular flexibility index (Phi) is 7.50. The molecule has 0 fully saturated rings. The lowest BCUT2D eigenvalue weighted by Crippen LogP contribution is -2.34. The maximum absolute atomic E-state index is 14.2. The Bertz CT molecular complexity index is 1060. The number of methoxy groups -OCH3 is 1. The number of aliphatic hydroxyl groups excluding tert-OH is 1. The molecule has 0 aliphatic carbocycles. The van der Waals surface area contributed by atoms with Crippen LogP contribution in [0.2, 0.25) is 0 Å². The number of aryl methyl sites for hydroxylation is 1. The number of ketones is 1. The van der Waals surface area contributed by atoms with Crippen molar-refractivity contribution in [2.24, 2.45) is 0 Å². The minimum absolute atomic E-state index is 0.0707. The number of halogens is 2. The number of amides is 1. The van der Waals surface area contributed by atoms with E-state index in [1.54, 1.807) is 32.2 Å². The van der Waals surface area contributed by atoms with Crippen molar-refractivity contribution in [2.75, 3.05) is 23.9 Å². The van der Waals surface area contributed by atoms with E-state index in [0.29, 0.717) is 30.7 Å². The number of rotatable bonds is 8. The molecule has 1 unspecified atom stereocenters. The molecule has 8 heteroatoms. The number of benzene rings is 2. The van der Waals surface area contributed by atoms with Gasteiger partial charge < -0.3 is 20.1 Å². The van der Waals surface area contributed by atoms with Crippen LogP contribution in [0.1, 0.15) is 28.8 Å². The van der Waals surface area contributed by atoms with Gasteiger partial charge in [0, 0.05) is 37.6 Å². The molecule has 0 bridgehead atoms. The van der Waals surface area contributed by atoms with Crippen LogP contribution in [0.5, 0.6) is 0 Å². The minimum Gasteiger partial charge on any atom is -0.385 e. The van der Waals surface area contributed by atoms with Crippen LogP contribution in [-0.4, -0.2) is 36.7 Å². The lowest BCUT2D eigenvalue weighted by molar-refractivity contribution is -0.112. The molecular weight excluding hydrogens is 418 g/mol. The molecule has 2 aromatic carbocycles. The third-order valence-electron chi connectivity index (χ3n) is 5.03. The van der Waals surface area contributed by atoms with Gasteiger partial charge in [-0.1, -0.05) is 18.2 Å².